The van der Waals surface area contributed by atoms with Gasteiger partial charge in [-0.25, -0.2) is 0 Å². The average molecular weight is 204 g/mol. The molecule has 1 heterocycles. The van der Waals surface area contributed by atoms with E-state index in [1.807, 2.05) is 4.90 Å². The van der Waals surface area contributed by atoms with Gasteiger partial charge in [-0.15, -0.1) is 11.6 Å². The van der Waals surface area contributed by atoms with Crippen molar-refractivity contribution in [3.8, 4) is 0 Å². The summed E-state index contributed by atoms with van der Waals surface area (Å²) in [5.41, 5.74) is 0. The number of hydrogen-bond acceptors (Lipinski definition) is 1. The molecular formula is C10H18ClNO. The molecule has 3 heteroatoms. The van der Waals surface area contributed by atoms with Crippen molar-refractivity contribution >= 4 is 17.5 Å². The fourth-order valence-electron chi connectivity index (χ4n) is 1.77. The van der Waals surface area contributed by atoms with Gasteiger partial charge in [0.05, 0.1) is 0 Å². The molecule has 0 N–H and O–H groups in total. The van der Waals surface area contributed by atoms with Crippen LogP contribution in [0.25, 0.3) is 0 Å². The molecule has 1 atom stereocenters. The first-order chi connectivity index (χ1) is 6.27. The van der Waals surface area contributed by atoms with Crippen LogP contribution >= 0.6 is 11.6 Å². The minimum absolute atomic E-state index is 0.289. The fraction of sp³-hybridized carbons (Fsp3) is 0.900. The monoisotopic (exact) mass is 203 g/mol. The van der Waals surface area contributed by atoms with Crippen LogP contribution < -0.4 is 0 Å². The molecule has 0 saturated carbocycles. The van der Waals surface area contributed by atoms with Crippen LogP contribution in [0.1, 0.15) is 32.6 Å². The summed E-state index contributed by atoms with van der Waals surface area (Å²) in [7, 11) is 0. The Balaban J connectivity index is 2.25. The highest BCUT2D eigenvalue weighted by Gasteiger charge is 2.23. The largest absolute Gasteiger partial charge is 0.342 e. The molecule has 0 radical (unpaired) electrons. The second-order valence-electron chi connectivity index (χ2n) is 3.70. The summed E-state index contributed by atoms with van der Waals surface area (Å²) >= 11 is 5.54. The lowest BCUT2D eigenvalue weighted by Crippen LogP contribution is -2.28. The number of carbonyl (C=O) groups is 1. The molecule has 0 spiro atoms. The Labute approximate surface area is 85.2 Å². The van der Waals surface area contributed by atoms with Crippen LogP contribution in [0.5, 0.6) is 0 Å². The summed E-state index contributed by atoms with van der Waals surface area (Å²) in [6.07, 6.45) is 3.82. The van der Waals surface area contributed by atoms with E-state index in [1.54, 1.807) is 0 Å². The summed E-state index contributed by atoms with van der Waals surface area (Å²) in [5.74, 6) is 1.62. The van der Waals surface area contributed by atoms with Crippen LogP contribution in [0.4, 0.5) is 0 Å². The van der Waals surface area contributed by atoms with E-state index in [0.29, 0.717) is 12.3 Å². The van der Waals surface area contributed by atoms with Crippen molar-refractivity contribution in [1.29, 1.82) is 0 Å². The predicted octanol–water partition coefficient (Wildman–Crippen LogP) is 2.26. The van der Waals surface area contributed by atoms with E-state index in [1.165, 1.54) is 12.8 Å². The van der Waals surface area contributed by atoms with Gasteiger partial charge in [0.25, 0.3) is 0 Å². The normalized spacial score (nSPS) is 22.3. The van der Waals surface area contributed by atoms with Crippen LogP contribution in [0.3, 0.4) is 0 Å². The van der Waals surface area contributed by atoms with Crippen LogP contribution in [-0.4, -0.2) is 29.8 Å². The molecule has 2 nitrogen and oxygen atoms in total. The summed E-state index contributed by atoms with van der Waals surface area (Å²) < 4.78 is 0. The number of carbonyl (C=O) groups excluding carboxylic acids is 1. The van der Waals surface area contributed by atoms with E-state index in [9.17, 15) is 4.79 Å². The van der Waals surface area contributed by atoms with Gasteiger partial charge in [-0.1, -0.05) is 13.3 Å². The smallest absolute Gasteiger partial charge is 0.222 e. The van der Waals surface area contributed by atoms with Gasteiger partial charge in [-0.3, -0.25) is 4.79 Å². The molecule has 1 fully saturated rings. The lowest BCUT2D eigenvalue weighted by atomic mass is 10.1. The SMILES string of the molecule is CCC1CCN(C(=O)CCCCl)C1. The topological polar surface area (TPSA) is 20.3 Å². The van der Waals surface area contributed by atoms with Gasteiger partial charge in [0, 0.05) is 25.4 Å². The second-order valence-corrected chi connectivity index (χ2v) is 4.07. The third kappa shape index (κ3) is 3.18. The number of nitrogens with zero attached hydrogens (tertiary/aromatic N) is 1. The second kappa shape index (κ2) is 5.48. The Morgan fingerprint density at radius 1 is 1.62 bits per heavy atom. The molecule has 1 unspecified atom stereocenters. The number of alkyl halides is 1. The number of likely N-dealkylation sites (tertiary alicyclic amines) is 1. The van der Waals surface area contributed by atoms with Crippen LogP contribution in [0.15, 0.2) is 0 Å². The van der Waals surface area contributed by atoms with Crippen molar-refractivity contribution < 1.29 is 4.79 Å². The van der Waals surface area contributed by atoms with E-state index in [-0.39, 0.29) is 5.91 Å². The van der Waals surface area contributed by atoms with Gasteiger partial charge < -0.3 is 4.90 Å². The maximum atomic E-state index is 11.5. The molecule has 0 aliphatic carbocycles. The number of halogens is 1. The maximum Gasteiger partial charge on any atom is 0.222 e. The minimum atomic E-state index is 0.289. The van der Waals surface area contributed by atoms with Crippen molar-refractivity contribution in [3.63, 3.8) is 0 Å². The molecular weight excluding hydrogens is 186 g/mol. The van der Waals surface area contributed by atoms with Crippen molar-refractivity contribution in [2.45, 2.75) is 32.6 Å². The summed E-state index contributed by atoms with van der Waals surface area (Å²) in [6.45, 7) is 4.12. The summed E-state index contributed by atoms with van der Waals surface area (Å²) in [4.78, 5) is 13.5. The van der Waals surface area contributed by atoms with Gasteiger partial charge in [-0.05, 0) is 18.8 Å². The van der Waals surface area contributed by atoms with Gasteiger partial charge >= 0.3 is 0 Å². The highest BCUT2D eigenvalue weighted by molar-refractivity contribution is 6.17. The lowest BCUT2D eigenvalue weighted by molar-refractivity contribution is -0.130. The van der Waals surface area contributed by atoms with Crippen molar-refractivity contribution in [2.24, 2.45) is 5.92 Å². The Hall–Kier alpha value is -0.240. The summed E-state index contributed by atoms with van der Waals surface area (Å²) in [6, 6.07) is 0. The number of rotatable bonds is 4. The van der Waals surface area contributed by atoms with Crippen LogP contribution in [-0.2, 0) is 4.79 Å². The van der Waals surface area contributed by atoms with Crippen molar-refractivity contribution in [2.75, 3.05) is 19.0 Å². The van der Waals surface area contributed by atoms with E-state index in [0.717, 1.165) is 25.4 Å². The first-order valence-corrected chi connectivity index (χ1v) is 5.65. The summed E-state index contributed by atoms with van der Waals surface area (Å²) in [5, 5.41) is 0. The van der Waals surface area contributed by atoms with Crippen molar-refractivity contribution in [1.82, 2.24) is 4.90 Å². The highest BCUT2D eigenvalue weighted by atomic mass is 35.5. The molecule has 0 bridgehead atoms. The van der Waals surface area contributed by atoms with E-state index >= 15 is 0 Å². The van der Waals surface area contributed by atoms with E-state index in [4.69, 9.17) is 11.6 Å². The number of amides is 1. The Morgan fingerprint density at radius 2 is 2.38 bits per heavy atom. The molecule has 1 aliphatic heterocycles. The predicted molar refractivity (Wildman–Crippen MR) is 54.9 cm³/mol. The molecule has 76 valence electrons. The standard InChI is InChI=1S/C10H18ClNO/c1-2-9-5-7-12(8-9)10(13)4-3-6-11/h9H,2-8H2,1H3. The van der Waals surface area contributed by atoms with Crippen molar-refractivity contribution in [3.05, 3.63) is 0 Å². The Kier molecular flexibility index (Phi) is 4.57. The molecule has 1 saturated heterocycles. The lowest BCUT2D eigenvalue weighted by Gasteiger charge is -2.15. The number of hydrogen-bond donors (Lipinski definition) is 0. The molecule has 0 aromatic carbocycles. The quantitative estimate of drug-likeness (QED) is 0.642. The van der Waals surface area contributed by atoms with Gasteiger partial charge in [0.2, 0.25) is 5.91 Å². The minimum Gasteiger partial charge on any atom is -0.342 e. The van der Waals surface area contributed by atoms with Gasteiger partial charge in [-0.2, -0.15) is 0 Å². The molecule has 1 aliphatic rings. The first-order valence-electron chi connectivity index (χ1n) is 5.11. The molecule has 0 aromatic heterocycles. The molecule has 13 heavy (non-hydrogen) atoms. The molecule has 1 rings (SSSR count). The zero-order valence-corrected chi connectivity index (χ0v) is 9.02. The molecule has 0 aromatic rings. The maximum absolute atomic E-state index is 11.5. The van der Waals surface area contributed by atoms with Crippen LogP contribution in [0, 0.1) is 5.92 Å². The van der Waals surface area contributed by atoms with E-state index < -0.39 is 0 Å². The van der Waals surface area contributed by atoms with Gasteiger partial charge in [0.1, 0.15) is 0 Å². The third-order valence-corrected chi connectivity index (χ3v) is 3.01. The van der Waals surface area contributed by atoms with E-state index in [2.05, 4.69) is 6.92 Å². The third-order valence-electron chi connectivity index (χ3n) is 2.74. The highest BCUT2D eigenvalue weighted by Crippen LogP contribution is 2.19. The van der Waals surface area contributed by atoms with Gasteiger partial charge in [0.15, 0.2) is 0 Å². The zero-order valence-electron chi connectivity index (χ0n) is 8.26. The Morgan fingerprint density at radius 3 is 2.92 bits per heavy atom. The average Bonchev–Trinajstić information content (AvgIpc) is 2.62. The zero-order chi connectivity index (χ0) is 9.68. The first kappa shape index (κ1) is 10.8. The van der Waals surface area contributed by atoms with Crippen LogP contribution in [0.2, 0.25) is 0 Å². The Bertz CT molecular complexity index is 172. The molecule has 1 amide bonds. The fourth-order valence-corrected chi connectivity index (χ4v) is 1.90.